The van der Waals surface area contributed by atoms with Crippen LogP contribution in [0.4, 0.5) is 13.2 Å². The Kier molecular flexibility index (Phi) is 7.42. The summed E-state index contributed by atoms with van der Waals surface area (Å²) in [6.07, 6.45) is -2.51. The van der Waals surface area contributed by atoms with Crippen LogP contribution in [-0.2, 0) is 23.8 Å². The molecule has 0 spiro atoms. The van der Waals surface area contributed by atoms with Crippen molar-refractivity contribution in [1.82, 2.24) is 5.32 Å². The molecule has 0 saturated heterocycles. The van der Waals surface area contributed by atoms with Gasteiger partial charge in [0.05, 0.1) is 5.56 Å². The highest BCUT2D eigenvalue weighted by Gasteiger charge is 2.30. The van der Waals surface area contributed by atoms with Crippen LogP contribution in [0.1, 0.15) is 36.5 Å². The minimum absolute atomic E-state index is 0.00393. The van der Waals surface area contributed by atoms with Crippen molar-refractivity contribution in [3.63, 3.8) is 0 Å². The van der Waals surface area contributed by atoms with E-state index in [4.69, 9.17) is 5.11 Å². The summed E-state index contributed by atoms with van der Waals surface area (Å²) in [5.74, 6) is -0.842. The molecule has 0 amide bonds. The summed E-state index contributed by atoms with van der Waals surface area (Å²) in [6.45, 7) is 1.95. The topological polar surface area (TPSA) is 49.3 Å². The van der Waals surface area contributed by atoms with E-state index < -0.39 is 17.7 Å². The highest BCUT2D eigenvalue weighted by Crippen LogP contribution is 2.29. The van der Waals surface area contributed by atoms with Gasteiger partial charge in [-0.05, 0) is 49.4 Å². The van der Waals surface area contributed by atoms with E-state index in [1.165, 1.54) is 12.1 Å². The summed E-state index contributed by atoms with van der Waals surface area (Å²) < 4.78 is 38.0. The maximum Gasteiger partial charge on any atom is 0.416 e. The second-order valence-electron chi connectivity index (χ2n) is 6.79. The molecule has 27 heavy (non-hydrogen) atoms. The first-order chi connectivity index (χ1) is 12.7. The Morgan fingerprint density at radius 1 is 1.00 bits per heavy atom. The molecule has 0 aromatic heterocycles. The zero-order chi connectivity index (χ0) is 19.9. The van der Waals surface area contributed by atoms with Crippen LogP contribution in [0.15, 0.2) is 54.6 Å². The minimum Gasteiger partial charge on any atom is -0.481 e. The molecule has 0 aliphatic rings. The number of carboxylic acids is 1. The van der Waals surface area contributed by atoms with Gasteiger partial charge in [-0.15, -0.1) is 0 Å². The van der Waals surface area contributed by atoms with Gasteiger partial charge in [0.15, 0.2) is 0 Å². The first-order valence-electron chi connectivity index (χ1n) is 8.92. The molecule has 2 aromatic rings. The van der Waals surface area contributed by atoms with E-state index in [0.717, 1.165) is 23.3 Å². The van der Waals surface area contributed by atoms with Crippen molar-refractivity contribution in [2.75, 3.05) is 0 Å². The Balaban J connectivity index is 1.97. The van der Waals surface area contributed by atoms with Gasteiger partial charge >= 0.3 is 12.1 Å². The zero-order valence-electron chi connectivity index (χ0n) is 15.2. The quantitative estimate of drug-likeness (QED) is 0.664. The number of hydrogen-bond acceptors (Lipinski definition) is 2. The monoisotopic (exact) mass is 379 g/mol. The summed E-state index contributed by atoms with van der Waals surface area (Å²) in [6, 6.07) is 14.9. The molecule has 0 saturated carbocycles. The molecule has 3 nitrogen and oxygen atoms in total. The molecule has 146 valence electrons. The fourth-order valence-corrected chi connectivity index (χ4v) is 3.09. The third-order valence-electron chi connectivity index (χ3n) is 4.37. The van der Waals surface area contributed by atoms with E-state index in [1.807, 2.05) is 37.3 Å². The number of halogens is 3. The van der Waals surface area contributed by atoms with Crippen molar-refractivity contribution in [2.24, 2.45) is 0 Å². The van der Waals surface area contributed by atoms with Gasteiger partial charge < -0.3 is 10.4 Å². The standard InChI is InChI=1S/C21H24F3NO2/c1-15(13-17-7-9-18(10-8-17)21(22,23)24)25-19(11-12-20(26)27)14-16-5-3-2-4-6-16/h2-10,15,19,25H,11-14H2,1H3,(H,26,27). The summed E-state index contributed by atoms with van der Waals surface area (Å²) in [7, 11) is 0. The maximum atomic E-state index is 12.7. The average molecular weight is 379 g/mol. The number of carboxylic acid groups (broad SMARTS) is 1. The molecule has 0 aliphatic heterocycles. The van der Waals surface area contributed by atoms with Gasteiger partial charge in [0.2, 0.25) is 0 Å². The lowest BCUT2D eigenvalue weighted by molar-refractivity contribution is -0.138. The second-order valence-corrected chi connectivity index (χ2v) is 6.79. The number of alkyl halides is 3. The zero-order valence-corrected chi connectivity index (χ0v) is 15.2. The van der Waals surface area contributed by atoms with Crippen molar-refractivity contribution in [2.45, 2.75) is 50.9 Å². The molecule has 0 heterocycles. The number of rotatable bonds is 9. The lowest BCUT2D eigenvalue weighted by atomic mass is 9.99. The predicted octanol–water partition coefficient (Wildman–Crippen LogP) is 4.70. The molecule has 2 rings (SSSR count). The largest absolute Gasteiger partial charge is 0.481 e. The maximum absolute atomic E-state index is 12.7. The summed E-state index contributed by atoms with van der Waals surface area (Å²) in [4.78, 5) is 10.9. The Morgan fingerprint density at radius 3 is 2.15 bits per heavy atom. The van der Waals surface area contributed by atoms with Gasteiger partial charge in [-0.1, -0.05) is 42.5 Å². The van der Waals surface area contributed by atoms with Gasteiger partial charge in [0.25, 0.3) is 0 Å². The molecule has 0 radical (unpaired) electrons. The van der Waals surface area contributed by atoms with Crippen LogP contribution in [0.25, 0.3) is 0 Å². The Labute approximate surface area is 157 Å². The molecule has 2 N–H and O–H groups in total. The van der Waals surface area contributed by atoms with E-state index >= 15 is 0 Å². The first kappa shape index (κ1) is 21.0. The number of aliphatic carboxylic acids is 1. The van der Waals surface area contributed by atoms with Crippen molar-refractivity contribution in [3.8, 4) is 0 Å². The smallest absolute Gasteiger partial charge is 0.416 e. The molecular weight excluding hydrogens is 355 g/mol. The summed E-state index contributed by atoms with van der Waals surface area (Å²) in [5, 5.41) is 12.4. The van der Waals surface area contributed by atoms with Crippen molar-refractivity contribution < 1.29 is 23.1 Å². The molecule has 0 bridgehead atoms. The average Bonchev–Trinajstić information content (AvgIpc) is 2.60. The summed E-state index contributed by atoms with van der Waals surface area (Å²) >= 11 is 0. The van der Waals surface area contributed by atoms with Gasteiger partial charge in [0, 0.05) is 18.5 Å². The van der Waals surface area contributed by atoms with Crippen LogP contribution in [0.3, 0.4) is 0 Å². The highest BCUT2D eigenvalue weighted by molar-refractivity contribution is 5.66. The Morgan fingerprint density at radius 2 is 1.59 bits per heavy atom. The Hall–Kier alpha value is -2.34. The van der Waals surface area contributed by atoms with E-state index in [9.17, 15) is 18.0 Å². The number of nitrogens with one attached hydrogen (secondary N) is 1. The second kappa shape index (κ2) is 9.55. The SMILES string of the molecule is CC(Cc1ccc(C(F)(F)F)cc1)NC(CCC(=O)O)Cc1ccccc1. The van der Waals surface area contributed by atoms with Crippen LogP contribution < -0.4 is 5.32 Å². The molecule has 0 fully saturated rings. The van der Waals surface area contributed by atoms with E-state index in [2.05, 4.69) is 5.32 Å². The van der Waals surface area contributed by atoms with E-state index in [0.29, 0.717) is 19.3 Å². The molecule has 2 atom stereocenters. The molecule has 2 aromatic carbocycles. The molecular formula is C21H24F3NO2. The number of hydrogen-bond donors (Lipinski definition) is 2. The van der Waals surface area contributed by atoms with Gasteiger partial charge in [-0.25, -0.2) is 0 Å². The van der Waals surface area contributed by atoms with Gasteiger partial charge in [-0.3, -0.25) is 4.79 Å². The first-order valence-corrected chi connectivity index (χ1v) is 8.92. The van der Waals surface area contributed by atoms with Gasteiger partial charge in [-0.2, -0.15) is 13.2 Å². The highest BCUT2D eigenvalue weighted by atomic mass is 19.4. The van der Waals surface area contributed by atoms with Crippen LogP contribution >= 0.6 is 0 Å². The fourth-order valence-electron chi connectivity index (χ4n) is 3.09. The van der Waals surface area contributed by atoms with E-state index in [-0.39, 0.29) is 18.5 Å². The van der Waals surface area contributed by atoms with Crippen molar-refractivity contribution >= 4 is 5.97 Å². The Bertz CT molecular complexity index is 714. The van der Waals surface area contributed by atoms with Gasteiger partial charge in [0.1, 0.15) is 0 Å². The fraction of sp³-hybridized carbons (Fsp3) is 0.381. The van der Waals surface area contributed by atoms with Crippen LogP contribution in [-0.4, -0.2) is 23.2 Å². The molecule has 6 heteroatoms. The lowest BCUT2D eigenvalue weighted by Crippen LogP contribution is -2.39. The van der Waals surface area contributed by atoms with Crippen molar-refractivity contribution in [1.29, 1.82) is 0 Å². The lowest BCUT2D eigenvalue weighted by Gasteiger charge is -2.23. The third-order valence-corrected chi connectivity index (χ3v) is 4.37. The van der Waals surface area contributed by atoms with Crippen LogP contribution in [0.2, 0.25) is 0 Å². The third kappa shape index (κ3) is 7.43. The van der Waals surface area contributed by atoms with Crippen molar-refractivity contribution in [3.05, 3.63) is 71.3 Å². The van der Waals surface area contributed by atoms with Crippen LogP contribution in [0.5, 0.6) is 0 Å². The van der Waals surface area contributed by atoms with E-state index in [1.54, 1.807) is 0 Å². The summed E-state index contributed by atoms with van der Waals surface area (Å²) in [5.41, 5.74) is 1.26. The number of benzene rings is 2. The molecule has 2 unspecified atom stereocenters. The predicted molar refractivity (Wildman–Crippen MR) is 98.5 cm³/mol. The normalized spacial score (nSPS) is 13.9. The van der Waals surface area contributed by atoms with Crippen LogP contribution in [0, 0.1) is 0 Å². The number of carbonyl (C=O) groups is 1. The minimum atomic E-state index is -4.33. The molecule has 0 aliphatic carbocycles.